The molecule has 0 aliphatic rings. The largest absolute Gasteiger partial charge is 0.357 e. The Morgan fingerprint density at radius 1 is 1.29 bits per heavy atom. The summed E-state index contributed by atoms with van der Waals surface area (Å²) in [5, 5.41) is 2.53. The Bertz CT molecular complexity index is 523. The second-order valence-corrected chi connectivity index (χ2v) is 3.50. The Morgan fingerprint density at radius 3 is 2.76 bits per heavy atom. The number of aromatic nitrogens is 1. The van der Waals surface area contributed by atoms with Crippen molar-refractivity contribution in [3.8, 4) is 0 Å². The number of nitrogens with one attached hydrogen (secondary N) is 2. The third-order valence-electron chi connectivity index (χ3n) is 2.30. The summed E-state index contributed by atoms with van der Waals surface area (Å²) in [7, 11) is 0. The molecule has 0 fully saturated rings. The fraction of sp³-hybridized carbons (Fsp3) is 0.0833. The van der Waals surface area contributed by atoms with Gasteiger partial charge >= 0.3 is 0 Å². The van der Waals surface area contributed by atoms with Crippen molar-refractivity contribution < 1.29 is 13.6 Å². The van der Waals surface area contributed by atoms with Crippen LogP contribution in [0, 0.1) is 11.6 Å². The van der Waals surface area contributed by atoms with Gasteiger partial charge in [0.1, 0.15) is 17.3 Å². The lowest BCUT2D eigenvalue weighted by Crippen LogP contribution is -2.23. The lowest BCUT2D eigenvalue weighted by molar-refractivity contribution is 0.0946. The van der Waals surface area contributed by atoms with Gasteiger partial charge in [-0.3, -0.25) is 4.79 Å². The molecule has 2 rings (SSSR count). The normalized spacial score (nSPS) is 10.2. The third-order valence-corrected chi connectivity index (χ3v) is 2.30. The van der Waals surface area contributed by atoms with Crippen LogP contribution in [0.3, 0.4) is 0 Å². The maximum atomic E-state index is 13.2. The molecule has 0 atom stereocenters. The van der Waals surface area contributed by atoms with Crippen LogP contribution in [-0.4, -0.2) is 10.9 Å². The Labute approximate surface area is 96.5 Å². The minimum atomic E-state index is -0.670. The molecule has 1 amide bonds. The molecule has 2 N–H and O–H groups in total. The molecule has 0 saturated carbocycles. The first-order valence-corrected chi connectivity index (χ1v) is 5.02. The first-order valence-electron chi connectivity index (χ1n) is 5.02. The number of carbonyl (C=O) groups excluding carboxylic acids is 1. The highest BCUT2D eigenvalue weighted by molar-refractivity contribution is 5.92. The Hall–Kier alpha value is -2.17. The number of carbonyl (C=O) groups is 1. The molecule has 0 bridgehead atoms. The van der Waals surface area contributed by atoms with E-state index in [0.29, 0.717) is 5.69 Å². The maximum absolute atomic E-state index is 13.2. The van der Waals surface area contributed by atoms with E-state index in [1.165, 1.54) is 6.07 Å². The molecule has 5 heteroatoms. The molecule has 17 heavy (non-hydrogen) atoms. The van der Waals surface area contributed by atoms with Crippen LogP contribution in [0.5, 0.6) is 0 Å². The van der Waals surface area contributed by atoms with Crippen molar-refractivity contribution in [3.63, 3.8) is 0 Å². The zero-order valence-corrected chi connectivity index (χ0v) is 8.84. The molecule has 1 heterocycles. The Balaban J connectivity index is 2.01. The fourth-order valence-electron chi connectivity index (χ4n) is 1.41. The van der Waals surface area contributed by atoms with Crippen LogP contribution in [0.1, 0.15) is 16.1 Å². The van der Waals surface area contributed by atoms with Crippen LogP contribution >= 0.6 is 0 Å². The molecule has 0 saturated heterocycles. The van der Waals surface area contributed by atoms with Crippen molar-refractivity contribution in [1.82, 2.24) is 10.3 Å². The highest BCUT2D eigenvalue weighted by atomic mass is 19.1. The van der Waals surface area contributed by atoms with Gasteiger partial charge < -0.3 is 10.3 Å². The molecule has 0 spiro atoms. The van der Waals surface area contributed by atoms with Gasteiger partial charge in [0.15, 0.2) is 0 Å². The summed E-state index contributed by atoms with van der Waals surface area (Å²) in [6.45, 7) is 0.0178. The van der Waals surface area contributed by atoms with E-state index in [1.807, 2.05) is 0 Å². The Kier molecular flexibility index (Phi) is 3.18. The van der Waals surface area contributed by atoms with Gasteiger partial charge in [0, 0.05) is 24.4 Å². The Morgan fingerprint density at radius 2 is 2.12 bits per heavy atom. The molecule has 0 radical (unpaired) electrons. The van der Waals surface area contributed by atoms with Crippen LogP contribution in [0.15, 0.2) is 36.5 Å². The van der Waals surface area contributed by atoms with E-state index in [4.69, 9.17) is 0 Å². The number of halogens is 2. The van der Waals surface area contributed by atoms with E-state index in [2.05, 4.69) is 10.3 Å². The van der Waals surface area contributed by atoms with Crippen molar-refractivity contribution in [2.75, 3.05) is 0 Å². The van der Waals surface area contributed by atoms with Crippen LogP contribution in [0.25, 0.3) is 0 Å². The quantitative estimate of drug-likeness (QED) is 0.843. The predicted octanol–water partition coefficient (Wildman–Crippen LogP) is 2.22. The van der Waals surface area contributed by atoms with Crippen LogP contribution in [0.2, 0.25) is 0 Å². The molecular formula is C12H10F2N2O. The highest BCUT2D eigenvalue weighted by Crippen LogP contribution is 2.09. The number of rotatable bonds is 3. The summed E-state index contributed by atoms with van der Waals surface area (Å²) in [5.74, 6) is -1.64. The van der Waals surface area contributed by atoms with Crippen molar-refractivity contribution in [2.24, 2.45) is 0 Å². The molecule has 2 aromatic rings. The molecule has 3 nitrogen and oxygen atoms in total. The van der Waals surface area contributed by atoms with Crippen LogP contribution in [0.4, 0.5) is 8.78 Å². The van der Waals surface area contributed by atoms with E-state index in [-0.39, 0.29) is 18.0 Å². The number of H-pyrrole nitrogens is 1. The zero-order valence-electron chi connectivity index (χ0n) is 8.84. The van der Waals surface area contributed by atoms with Crippen molar-refractivity contribution >= 4 is 5.91 Å². The number of amides is 1. The van der Waals surface area contributed by atoms with Gasteiger partial charge in [-0.1, -0.05) is 6.07 Å². The summed E-state index contributed by atoms with van der Waals surface area (Å²) in [4.78, 5) is 14.2. The topological polar surface area (TPSA) is 44.9 Å². The van der Waals surface area contributed by atoms with Crippen molar-refractivity contribution in [1.29, 1.82) is 0 Å². The van der Waals surface area contributed by atoms with Gasteiger partial charge in [0.05, 0.1) is 0 Å². The summed E-state index contributed by atoms with van der Waals surface area (Å²) in [5.41, 5.74) is 0.638. The summed E-state index contributed by atoms with van der Waals surface area (Å²) in [6.07, 6.45) is 1.62. The molecule has 0 unspecified atom stereocenters. The minimum Gasteiger partial charge on any atom is -0.357 e. The second kappa shape index (κ2) is 4.78. The summed E-state index contributed by atoms with van der Waals surface area (Å²) >= 11 is 0. The SMILES string of the molecule is O=C(NCc1ccc(F)cc1F)c1ccc[nH]1. The third kappa shape index (κ3) is 2.69. The van der Waals surface area contributed by atoms with Crippen molar-refractivity contribution in [3.05, 3.63) is 59.4 Å². The average Bonchev–Trinajstić information content (AvgIpc) is 2.81. The van der Waals surface area contributed by atoms with E-state index in [0.717, 1.165) is 12.1 Å². The van der Waals surface area contributed by atoms with E-state index < -0.39 is 11.6 Å². The van der Waals surface area contributed by atoms with Crippen molar-refractivity contribution in [2.45, 2.75) is 6.54 Å². The monoisotopic (exact) mass is 236 g/mol. The smallest absolute Gasteiger partial charge is 0.267 e. The molecule has 1 aromatic carbocycles. The van der Waals surface area contributed by atoms with E-state index in [1.54, 1.807) is 18.3 Å². The van der Waals surface area contributed by atoms with Crippen LogP contribution < -0.4 is 5.32 Å². The number of benzene rings is 1. The molecule has 1 aromatic heterocycles. The molecule has 0 aliphatic carbocycles. The standard InChI is InChI=1S/C12H10F2N2O/c13-9-4-3-8(10(14)6-9)7-16-12(17)11-2-1-5-15-11/h1-6,15H,7H2,(H,16,17). The zero-order chi connectivity index (χ0) is 12.3. The summed E-state index contributed by atoms with van der Waals surface area (Å²) < 4.78 is 25.9. The number of hydrogen-bond acceptors (Lipinski definition) is 1. The second-order valence-electron chi connectivity index (χ2n) is 3.50. The predicted molar refractivity (Wildman–Crippen MR) is 58.3 cm³/mol. The summed E-state index contributed by atoms with van der Waals surface area (Å²) in [6, 6.07) is 6.54. The van der Waals surface area contributed by atoms with Gasteiger partial charge in [0.2, 0.25) is 0 Å². The fourth-order valence-corrected chi connectivity index (χ4v) is 1.41. The lowest BCUT2D eigenvalue weighted by atomic mass is 10.2. The highest BCUT2D eigenvalue weighted by Gasteiger charge is 2.08. The van der Waals surface area contributed by atoms with Gasteiger partial charge in [0.25, 0.3) is 5.91 Å². The van der Waals surface area contributed by atoms with E-state index >= 15 is 0 Å². The first-order chi connectivity index (χ1) is 8.16. The molecule has 0 aliphatic heterocycles. The average molecular weight is 236 g/mol. The van der Waals surface area contributed by atoms with Gasteiger partial charge in [-0.25, -0.2) is 8.78 Å². The van der Waals surface area contributed by atoms with Gasteiger partial charge in [-0.05, 0) is 18.2 Å². The van der Waals surface area contributed by atoms with Gasteiger partial charge in [-0.2, -0.15) is 0 Å². The minimum absolute atomic E-state index is 0.0178. The molecular weight excluding hydrogens is 226 g/mol. The first kappa shape index (κ1) is 11.3. The number of hydrogen-bond donors (Lipinski definition) is 2. The maximum Gasteiger partial charge on any atom is 0.267 e. The number of aromatic amines is 1. The van der Waals surface area contributed by atoms with E-state index in [9.17, 15) is 13.6 Å². The lowest BCUT2D eigenvalue weighted by Gasteiger charge is -2.05. The molecule has 88 valence electrons. The van der Waals surface area contributed by atoms with Gasteiger partial charge in [-0.15, -0.1) is 0 Å². The van der Waals surface area contributed by atoms with Crippen LogP contribution in [-0.2, 0) is 6.54 Å².